The van der Waals surface area contributed by atoms with E-state index in [1.165, 1.54) is 0 Å². The van der Waals surface area contributed by atoms with Crippen LogP contribution in [-0.2, 0) is 22.8 Å². The average molecular weight is 433 g/mol. The molecule has 1 aliphatic rings. The molecule has 3 aromatic carbocycles. The van der Waals surface area contributed by atoms with Gasteiger partial charge in [-0.3, -0.25) is 4.79 Å². The first-order valence-corrected chi connectivity index (χ1v) is 10.1. The Morgan fingerprint density at radius 2 is 1.75 bits per heavy atom. The molecular weight excluding hydrogens is 410 g/mol. The average Bonchev–Trinajstić information content (AvgIpc) is 3.30. The molecule has 0 fully saturated rings. The minimum Gasteiger partial charge on any atom is -0.488 e. The van der Waals surface area contributed by atoms with Gasteiger partial charge in [-0.15, -0.1) is 0 Å². The number of oxime groups is 1. The van der Waals surface area contributed by atoms with Gasteiger partial charge in [-0.05, 0) is 35.4 Å². The van der Waals surface area contributed by atoms with E-state index in [9.17, 15) is 4.79 Å². The second-order valence-corrected chi connectivity index (χ2v) is 6.98. The summed E-state index contributed by atoms with van der Waals surface area (Å²) >= 11 is 0. The lowest BCUT2D eigenvalue weighted by Crippen LogP contribution is -2.27. The lowest BCUT2D eigenvalue weighted by atomic mass is 10.2. The Bertz CT molecular complexity index is 1100. The minimum absolute atomic E-state index is 0.122. The van der Waals surface area contributed by atoms with E-state index in [0.717, 1.165) is 11.1 Å². The second-order valence-electron chi connectivity index (χ2n) is 6.98. The van der Waals surface area contributed by atoms with Crippen molar-refractivity contribution in [3.05, 3.63) is 89.5 Å². The summed E-state index contributed by atoms with van der Waals surface area (Å²) in [6.45, 7) is 0.666. The highest BCUT2D eigenvalue weighted by atomic mass is 16.7. The van der Waals surface area contributed by atoms with E-state index in [0.29, 0.717) is 36.0 Å². The van der Waals surface area contributed by atoms with Gasteiger partial charge in [-0.1, -0.05) is 53.7 Å². The highest BCUT2D eigenvalue weighted by Crippen LogP contribution is 2.32. The summed E-state index contributed by atoms with van der Waals surface area (Å²) in [6.07, 6.45) is 0. The molecule has 32 heavy (non-hydrogen) atoms. The first-order valence-electron chi connectivity index (χ1n) is 10.1. The van der Waals surface area contributed by atoms with Crippen molar-refractivity contribution in [1.82, 2.24) is 5.32 Å². The summed E-state index contributed by atoms with van der Waals surface area (Å²) < 4.78 is 16.5. The lowest BCUT2D eigenvalue weighted by molar-refractivity contribution is -0.125. The molecule has 0 saturated heterocycles. The van der Waals surface area contributed by atoms with E-state index in [4.69, 9.17) is 24.8 Å². The fourth-order valence-corrected chi connectivity index (χ4v) is 3.05. The molecule has 1 aliphatic heterocycles. The van der Waals surface area contributed by atoms with Gasteiger partial charge >= 0.3 is 0 Å². The maximum absolute atomic E-state index is 12.1. The van der Waals surface area contributed by atoms with Crippen molar-refractivity contribution in [3.8, 4) is 17.2 Å². The number of amidine groups is 1. The van der Waals surface area contributed by atoms with Crippen LogP contribution in [0.2, 0.25) is 0 Å². The molecule has 0 atom stereocenters. The van der Waals surface area contributed by atoms with Gasteiger partial charge in [0.2, 0.25) is 6.79 Å². The number of fused-ring (bicyclic) bond motifs is 1. The molecule has 0 bridgehead atoms. The van der Waals surface area contributed by atoms with Crippen molar-refractivity contribution in [1.29, 1.82) is 0 Å². The summed E-state index contributed by atoms with van der Waals surface area (Å²) in [5.74, 6) is 1.73. The Labute approximate surface area is 185 Å². The molecule has 8 nitrogen and oxygen atoms in total. The van der Waals surface area contributed by atoms with Gasteiger partial charge in [0, 0.05) is 6.54 Å². The molecule has 3 aromatic rings. The first-order chi connectivity index (χ1) is 15.7. The van der Waals surface area contributed by atoms with Gasteiger partial charge in [-0.2, -0.15) is 0 Å². The predicted molar refractivity (Wildman–Crippen MR) is 118 cm³/mol. The van der Waals surface area contributed by atoms with Crippen LogP contribution in [0.4, 0.5) is 0 Å². The third-order valence-corrected chi connectivity index (χ3v) is 4.69. The van der Waals surface area contributed by atoms with Crippen LogP contribution in [0.15, 0.2) is 78.0 Å². The van der Waals surface area contributed by atoms with Gasteiger partial charge in [0.1, 0.15) is 12.4 Å². The Morgan fingerprint density at radius 3 is 2.62 bits per heavy atom. The van der Waals surface area contributed by atoms with Gasteiger partial charge in [0.15, 0.2) is 23.9 Å². The highest BCUT2D eigenvalue weighted by Gasteiger charge is 2.13. The van der Waals surface area contributed by atoms with E-state index in [1.54, 1.807) is 12.1 Å². The molecule has 4 rings (SSSR count). The van der Waals surface area contributed by atoms with Crippen molar-refractivity contribution in [2.75, 3.05) is 13.4 Å². The van der Waals surface area contributed by atoms with Crippen molar-refractivity contribution in [2.45, 2.75) is 13.2 Å². The van der Waals surface area contributed by atoms with Gasteiger partial charge < -0.3 is 30.1 Å². The fourth-order valence-electron chi connectivity index (χ4n) is 3.05. The number of benzene rings is 3. The lowest BCUT2D eigenvalue weighted by Gasteiger charge is -2.11. The van der Waals surface area contributed by atoms with Gasteiger partial charge in [-0.25, -0.2) is 0 Å². The summed E-state index contributed by atoms with van der Waals surface area (Å²) in [6, 6.07) is 22.6. The van der Waals surface area contributed by atoms with E-state index in [2.05, 4.69) is 10.5 Å². The number of hydrogen-bond donors (Lipinski definition) is 2. The number of nitrogens with zero attached hydrogens (tertiary/aromatic N) is 1. The van der Waals surface area contributed by atoms with Crippen LogP contribution < -0.4 is 25.3 Å². The molecule has 8 heteroatoms. The van der Waals surface area contributed by atoms with Crippen LogP contribution in [0.25, 0.3) is 0 Å². The fraction of sp³-hybridized carbons (Fsp3) is 0.167. The largest absolute Gasteiger partial charge is 0.488 e. The molecule has 0 spiro atoms. The maximum atomic E-state index is 12.1. The molecular formula is C24H23N3O5. The second kappa shape index (κ2) is 10.2. The third-order valence-electron chi connectivity index (χ3n) is 4.69. The molecule has 3 N–H and O–H groups in total. The first kappa shape index (κ1) is 21.0. The summed E-state index contributed by atoms with van der Waals surface area (Å²) in [7, 11) is 0. The maximum Gasteiger partial charge on any atom is 0.261 e. The summed E-state index contributed by atoms with van der Waals surface area (Å²) in [4.78, 5) is 17.2. The number of hydrogen-bond acceptors (Lipinski definition) is 6. The van der Waals surface area contributed by atoms with E-state index >= 15 is 0 Å². The minimum atomic E-state index is -0.326. The standard InChI is InChI=1S/C24H23N3O5/c25-24(19-8-4-5-9-20(19)29-14-17-6-2-1-3-7-17)27-32-15-23(28)26-13-18-10-11-21-22(12-18)31-16-30-21/h1-12H,13-16H2,(H2,25,27)(H,26,28). The number of amides is 1. The van der Waals surface area contributed by atoms with E-state index < -0.39 is 0 Å². The van der Waals surface area contributed by atoms with Crippen LogP contribution >= 0.6 is 0 Å². The molecule has 0 aromatic heterocycles. The number of nitrogens with two attached hydrogens (primary N) is 1. The van der Waals surface area contributed by atoms with Crippen LogP contribution in [-0.4, -0.2) is 25.1 Å². The van der Waals surface area contributed by atoms with Crippen molar-refractivity contribution >= 4 is 11.7 Å². The normalized spacial score (nSPS) is 12.3. The smallest absolute Gasteiger partial charge is 0.261 e. The Kier molecular flexibility index (Phi) is 6.72. The zero-order chi connectivity index (χ0) is 22.2. The van der Waals surface area contributed by atoms with Crippen LogP contribution in [0.3, 0.4) is 0 Å². The number of carbonyl (C=O) groups excluding carboxylic acids is 1. The summed E-state index contributed by atoms with van der Waals surface area (Å²) in [5, 5.41) is 6.63. The van der Waals surface area contributed by atoms with Crippen LogP contribution in [0.1, 0.15) is 16.7 Å². The third kappa shape index (κ3) is 5.48. The molecule has 164 valence electrons. The van der Waals surface area contributed by atoms with Gasteiger partial charge in [0.05, 0.1) is 5.56 Å². The zero-order valence-electron chi connectivity index (χ0n) is 17.3. The number of ether oxygens (including phenoxy) is 3. The van der Waals surface area contributed by atoms with Crippen molar-refractivity contribution in [2.24, 2.45) is 10.9 Å². The zero-order valence-corrected chi connectivity index (χ0v) is 17.3. The van der Waals surface area contributed by atoms with E-state index in [-0.39, 0.29) is 25.1 Å². The van der Waals surface area contributed by atoms with Crippen LogP contribution in [0, 0.1) is 0 Å². The van der Waals surface area contributed by atoms with Crippen molar-refractivity contribution < 1.29 is 23.8 Å². The number of carbonyl (C=O) groups is 1. The SMILES string of the molecule is N/C(=N/OCC(=O)NCc1ccc2c(c1)OCO2)c1ccccc1OCc1ccccc1. The number of para-hydroxylation sites is 1. The molecule has 1 amide bonds. The van der Waals surface area contributed by atoms with E-state index in [1.807, 2.05) is 60.7 Å². The molecule has 1 heterocycles. The Hall–Kier alpha value is -4.20. The quantitative estimate of drug-likeness (QED) is 0.305. The predicted octanol–water partition coefficient (Wildman–Crippen LogP) is 2.95. The molecule has 0 aliphatic carbocycles. The topological polar surface area (TPSA) is 104 Å². The van der Waals surface area contributed by atoms with Crippen molar-refractivity contribution in [3.63, 3.8) is 0 Å². The Morgan fingerprint density at radius 1 is 0.969 bits per heavy atom. The molecule has 0 saturated carbocycles. The van der Waals surface area contributed by atoms with Crippen LogP contribution in [0.5, 0.6) is 17.2 Å². The van der Waals surface area contributed by atoms with Gasteiger partial charge in [0.25, 0.3) is 5.91 Å². The molecule has 0 unspecified atom stereocenters. The summed E-state index contributed by atoms with van der Waals surface area (Å²) in [5.41, 5.74) is 8.56. The number of nitrogens with one attached hydrogen (secondary N) is 1. The highest BCUT2D eigenvalue weighted by molar-refractivity contribution is 5.99. The Balaban J connectivity index is 1.27. The number of rotatable bonds is 9. The monoisotopic (exact) mass is 433 g/mol. The molecule has 0 radical (unpaired) electrons.